The first-order valence-corrected chi connectivity index (χ1v) is 6.58. The Labute approximate surface area is 113 Å². The van der Waals surface area contributed by atoms with Crippen molar-refractivity contribution in [3.63, 3.8) is 0 Å². The highest BCUT2D eigenvalue weighted by atomic mass is 35.5. The molecule has 0 radical (unpaired) electrons. The first-order chi connectivity index (χ1) is 8.16. The van der Waals surface area contributed by atoms with Crippen LogP contribution in [0.5, 0.6) is 0 Å². The second kappa shape index (κ2) is 7.93. The highest BCUT2D eigenvalue weighted by Gasteiger charge is 2.10. The zero-order chi connectivity index (χ0) is 12.7. The standard InChI is InChI=1S/C13H19Cl2NO/c1-10(16-8-3-4-9-17-2)11-6-5-7-12(14)13(11)15/h5-7,10,16H,3-4,8-9H2,1-2H3. The molecule has 0 aliphatic heterocycles. The number of halogens is 2. The highest BCUT2D eigenvalue weighted by Crippen LogP contribution is 2.29. The summed E-state index contributed by atoms with van der Waals surface area (Å²) in [6.45, 7) is 3.86. The van der Waals surface area contributed by atoms with Crippen LogP contribution in [0.3, 0.4) is 0 Å². The van der Waals surface area contributed by atoms with E-state index in [1.807, 2.05) is 12.1 Å². The summed E-state index contributed by atoms with van der Waals surface area (Å²) in [5, 5.41) is 4.68. The quantitative estimate of drug-likeness (QED) is 0.758. The van der Waals surface area contributed by atoms with Crippen molar-refractivity contribution in [1.29, 1.82) is 0 Å². The predicted octanol–water partition coefficient (Wildman–Crippen LogP) is 4.07. The van der Waals surface area contributed by atoms with Crippen molar-refractivity contribution in [2.45, 2.75) is 25.8 Å². The van der Waals surface area contributed by atoms with E-state index in [-0.39, 0.29) is 6.04 Å². The molecule has 0 saturated heterocycles. The lowest BCUT2D eigenvalue weighted by molar-refractivity contribution is 0.192. The molecule has 0 saturated carbocycles. The number of ether oxygens (including phenoxy) is 1. The number of nitrogens with one attached hydrogen (secondary N) is 1. The minimum absolute atomic E-state index is 0.212. The molecule has 0 aliphatic rings. The molecule has 2 nitrogen and oxygen atoms in total. The van der Waals surface area contributed by atoms with Gasteiger partial charge in [0.05, 0.1) is 10.0 Å². The minimum atomic E-state index is 0.212. The van der Waals surface area contributed by atoms with Crippen molar-refractivity contribution >= 4 is 23.2 Å². The Hall–Kier alpha value is -0.280. The van der Waals surface area contributed by atoms with Crippen LogP contribution in [0.25, 0.3) is 0 Å². The summed E-state index contributed by atoms with van der Waals surface area (Å²) in [7, 11) is 1.72. The summed E-state index contributed by atoms with van der Waals surface area (Å²) in [4.78, 5) is 0. The Morgan fingerprint density at radius 3 is 2.76 bits per heavy atom. The van der Waals surface area contributed by atoms with Crippen LogP contribution >= 0.6 is 23.2 Å². The maximum atomic E-state index is 6.16. The first kappa shape index (κ1) is 14.8. The average Bonchev–Trinajstić information content (AvgIpc) is 2.32. The van der Waals surface area contributed by atoms with Gasteiger partial charge < -0.3 is 10.1 Å². The molecule has 1 aromatic carbocycles. The molecular formula is C13H19Cl2NO. The van der Waals surface area contributed by atoms with Gasteiger partial charge in [-0.2, -0.15) is 0 Å². The second-order valence-corrected chi connectivity index (χ2v) is 4.80. The van der Waals surface area contributed by atoms with Gasteiger partial charge in [-0.15, -0.1) is 0 Å². The van der Waals surface area contributed by atoms with Gasteiger partial charge in [0.15, 0.2) is 0 Å². The fraction of sp³-hybridized carbons (Fsp3) is 0.538. The van der Waals surface area contributed by atoms with E-state index >= 15 is 0 Å². The lowest BCUT2D eigenvalue weighted by atomic mass is 10.1. The Morgan fingerprint density at radius 2 is 2.06 bits per heavy atom. The lowest BCUT2D eigenvalue weighted by Gasteiger charge is -2.16. The van der Waals surface area contributed by atoms with Crippen LogP contribution in [-0.4, -0.2) is 20.3 Å². The molecule has 96 valence electrons. The zero-order valence-electron chi connectivity index (χ0n) is 10.3. The summed E-state index contributed by atoms with van der Waals surface area (Å²) < 4.78 is 5.00. The third kappa shape index (κ3) is 4.84. The SMILES string of the molecule is COCCCCNC(C)c1cccc(Cl)c1Cl. The molecule has 0 fully saturated rings. The van der Waals surface area contributed by atoms with Gasteiger partial charge in [0.2, 0.25) is 0 Å². The Kier molecular flexibility index (Phi) is 6.90. The van der Waals surface area contributed by atoms with Crippen molar-refractivity contribution in [1.82, 2.24) is 5.32 Å². The van der Waals surface area contributed by atoms with Crippen molar-refractivity contribution in [3.05, 3.63) is 33.8 Å². The van der Waals surface area contributed by atoms with Crippen LogP contribution in [0.15, 0.2) is 18.2 Å². The van der Waals surface area contributed by atoms with E-state index in [0.717, 1.165) is 31.6 Å². The van der Waals surface area contributed by atoms with Crippen molar-refractivity contribution in [2.24, 2.45) is 0 Å². The first-order valence-electron chi connectivity index (χ1n) is 5.83. The molecule has 0 amide bonds. The molecule has 4 heteroatoms. The summed E-state index contributed by atoms with van der Waals surface area (Å²) in [5.41, 5.74) is 1.05. The van der Waals surface area contributed by atoms with Gasteiger partial charge in [-0.1, -0.05) is 35.3 Å². The van der Waals surface area contributed by atoms with E-state index in [1.165, 1.54) is 0 Å². The zero-order valence-corrected chi connectivity index (χ0v) is 11.8. The molecule has 0 heterocycles. The topological polar surface area (TPSA) is 21.3 Å². The monoisotopic (exact) mass is 275 g/mol. The van der Waals surface area contributed by atoms with E-state index in [4.69, 9.17) is 27.9 Å². The third-order valence-corrected chi connectivity index (χ3v) is 3.51. The van der Waals surface area contributed by atoms with Crippen LogP contribution in [0.4, 0.5) is 0 Å². The van der Waals surface area contributed by atoms with Crippen LogP contribution in [0.1, 0.15) is 31.4 Å². The number of unbranched alkanes of at least 4 members (excludes halogenated alkanes) is 1. The fourth-order valence-electron chi connectivity index (χ4n) is 1.65. The van der Waals surface area contributed by atoms with Crippen LogP contribution in [-0.2, 0) is 4.74 Å². The number of benzene rings is 1. The van der Waals surface area contributed by atoms with Gasteiger partial charge in [0.25, 0.3) is 0 Å². The number of hydrogen-bond donors (Lipinski definition) is 1. The normalized spacial score (nSPS) is 12.7. The molecule has 1 aromatic rings. The highest BCUT2D eigenvalue weighted by molar-refractivity contribution is 6.42. The smallest absolute Gasteiger partial charge is 0.0639 e. The summed E-state index contributed by atoms with van der Waals surface area (Å²) >= 11 is 12.1. The van der Waals surface area contributed by atoms with Gasteiger partial charge >= 0.3 is 0 Å². The maximum Gasteiger partial charge on any atom is 0.0639 e. The number of methoxy groups -OCH3 is 1. The Morgan fingerprint density at radius 1 is 1.29 bits per heavy atom. The maximum absolute atomic E-state index is 6.16. The van der Waals surface area contributed by atoms with E-state index in [9.17, 15) is 0 Å². The number of rotatable bonds is 7. The van der Waals surface area contributed by atoms with Gasteiger partial charge in [-0.25, -0.2) is 0 Å². The summed E-state index contributed by atoms with van der Waals surface area (Å²) in [6, 6.07) is 5.94. The van der Waals surface area contributed by atoms with E-state index in [2.05, 4.69) is 12.2 Å². The lowest BCUT2D eigenvalue weighted by Crippen LogP contribution is -2.20. The molecule has 1 atom stereocenters. The third-order valence-electron chi connectivity index (χ3n) is 2.67. The van der Waals surface area contributed by atoms with E-state index in [1.54, 1.807) is 13.2 Å². The second-order valence-electron chi connectivity index (χ2n) is 4.02. The summed E-state index contributed by atoms with van der Waals surface area (Å²) in [6.07, 6.45) is 2.16. The van der Waals surface area contributed by atoms with Crippen molar-refractivity contribution in [3.8, 4) is 0 Å². The van der Waals surface area contributed by atoms with Crippen molar-refractivity contribution < 1.29 is 4.74 Å². The molecule has 1 N–H and O–H groups in total. The molecule has 17 heavy (non-hydrogen) atoms. The van der Waals surface area contributed by atoms with Gasteiger partial charge in [-0.05, 0) is 37.9 Å². The molecule has 1 unspecified atom stereocenters. The van der Waals surface area contributed by atoms with Crippen LogP contribution in [0, 0.1) is 0 Å². The van der Waals surface area contributed by atoms with Gasteiger partial charge in [0, 0.05) is 19.8 Å². The summed E-state index contributed by atoms with van der Waals surface area (Å²) in [5.74, 6) is 0. The van der Waals surface area contributed by atoms with Gasteiger partial charge in [-0.3, -0.25) is 0 Å². The predicted molar refractivity (Wildman–Crippen MR) is 74.0 cm³/mol. The fourth-order valence-corrected chi connectivity index (χ4v) is 2.13. The molecule has 1 rings (SSSR count). The van der Waals surface area contributed by atoms with E-state index < -0.39 is 0 Å². The van der Waals surface area contributed by atoms with Crippen molar-refractivity contribution in [2.75, 3.05) is 20.3 Å². The molecular weight excluding hydrogens is 257 g/mol. The van der Waals surface area contributed by atoms with Gasteiger partial charge in [0.1, 0.15) is 0 Å². The molecule has 0 spiro atoms. The molecule has 0 bridgehead atoms. The number of hydrogen-bond acceptors (Lipinski definition) is 2. The molecule has 0 aliphatic carbocycles. The average molecular weight is 276 g/mol. The van der Waals surface area contributed by atoms with E-state index in [0.29, 0.717) is 10.0 Å². The van der Waals surface area contributed by atoms with Crippen LogP contribution in [0.2, 0.25) is 10.0 Å². The largest absolute Gasteiger partial charge is 0.385 e. The van der Waals surface area contributed by atoms with Crippen LogP contribution < -0.4 is 5.32 Å². The molecule has 0 aromatic heterocycles. The minimum Gasteiger partial charge on any atom is -0.385 e. The Bertz CT molecular complexity index is 344. The Balaban J connectivity index is 2.41.